The van der Waals surface area contributed by atoms with Crippen molar-refractivity contribution in [2.45, 2.75) is 6.67 Å². The van der Waals surface area contributed by atoms with Crippen molar-refractivity contribution < 1.29 is 4.42 Å². The van der Waals surface area contributed by atoms with Crippen molar-refractivity contribution in [1.82, 2.24) is 19.6 Å². The van der Waals surface area contributed by atoms with Crippen molar-refractivity contribution in [3.8, 4) is 11.5 Å². The van der Waals surface area contributed by atoms with E-state index in [9.17, 15) is 0 Å². The Morgan fingerprint density at radius 1 is 0.966 bits per heavy atom. The zero-order valence-electron chi connectivity index (χ0n) is 16.1. The van der Waals surface area contributed by atoms with Crippen LogP contribution in [0.5, 0.6) is 0 Å². The van der Waals surface area contributed by atoms with Crippen LogP contribution in [0, 0.1) is 4.84 Å². The maximum Gasteiger partial charge on any atom is 0.288 e. The number of benzene rings is 2. The second-order valence-corrected chi connectivity index (χ2v) is 7.84. The molecule has 0 aliphatic carbocycles. The minimum absolute atomic E-state index is 0.392. The molecule has 3 aromatic rings. The summed E-state index contributed by atoms with van der Waals surface area (Å²) in [4.78, 5) is 5.20. The summed E-state index contributed by atoms with van der Waals surface area (Å²) in [5.74, 6) is 0.524. The van der Waals surface area contributed by atoms with Crippen molar-refractivity contribution in [3.05, 3.63) is 76.1 Å². The number of piperazine rings is 1. The summed E-state index contributed by atoms with van der Waals surface area (Å²) >= 11 is 11.3. The van der Waals surface area contributed by atoms with Crippen molar-refractivity contribution in [2.75, 3.05) is 32.7 Å². The standard InChI is InChI=1S/C22H23ClN4OS/c23-20-10-8-19(9-11-20)21-24-27(22(29)28-21)17-26-15-13-25(14-16-26)12-4-7-18-5-2-1-3-6-18/h1-11H,12-17H2/b7-4+. The topological polar surface area (TPSA) is 37.4 Å². The van der Waals surface area contributed by atoms with E-state index in [1.807, 2.05) is 30.3 Å². The Morgan fingerprint density at radius 2 is 1.66 bits per heavy atom. The third kappa shape index (κ3) is 5.42. The highest BCUT2D eigenvalue weighted by Crippen LogP contribution is 2.20. The lowest BCUT2D eigenvalue weighted by Gasteiger charge is -2.33. The average molecular weight is 427 g/mol. The molecule has 0 radical (unpaired) electrons. The lowest BCUT2D eigenvalue weighted by Crippen LogP contribution is -2.46. The second kappa shape index (κ2) is 9.50. The molecule has 7 heteroatoms. The van der Waals surface area contributed by atoms with Gasteiger partial charge in [-0.1, -0.05) is 54.1 Å². The fraction of sp³-hybridized carbons (Fsp3) is 0.273. The summed E-state index contributed by atoms with van der Waals surface area (Å²) in [6.45, 7) is 5.60. The van der Waals surface area contributed by atoms with Gasteiger partial charge >= 0.3 is 0 Å². The molecule has 0 unspecified atom stereocenters. The Hall–Kier alpha value is -2.25. The molecule has 2 heterocycles. The summed E-state index contributed by atoms with van der Waals surface area (Å²) in [7, 11) is 0. The van der Waals surface area contributed by atoms with E-state index in [2.05, 4.69) is 51.3 Å². The van der Waals surface area contributed by atoms with Crippen LogP contribution in [0.4, 0.5) is 0 Å². The number of halogens is 1. The lowest BCUT2D eigenvalue weighted by molar-refractivity contribution is 0.109. The van der Waals surface area contributed by atoms with Crippen LogP contribution in [0.25, 0.3) is 17.5 Å². The molecule has 29 heavy (non-hydrogen) atoms. The SMILES string of the molecule is S=c1oc(-c2ccc(Cl)cc2)nn1CN1CCN(C/C=C/c2ccccc2)CC1. The van der Waals surface area contributed by atoms with Crippen LogP contribution in [0.2, 0.25) is 5.02 Å². The van der Waals surface area contributed by atoms with Gasteiger partial charge in [0.15, 0.2) is 0 Å². The molecule has 1 saturated heterocycles. The first-order valence-electron chi connectivity index (χ1n) is 9.67. The molecule has 1 aromatic heterocycles. The van der Waals surface area contributed by atoms with E-state index in [1.165, 1.54) is 5.56 Å². The van der Waals surface area contributed by atoms with Crippen LogP contribution in [0.3, 0.4) is 0 Å². The molecule has 0 bridgehead atoms. The Labute approximate surface area is 180 Å². The summed E-state index contributed by atoms with van der Waals surface area (Å²) in [6, 6.07) is 17.8. The Balaban J connectivity index is 1.29. The molecule has 1 fully saturated rings. The first kappa shape index (κ1) is 20.0. The Bertz CT molecular complexity index is 1010. The molecular formula is C22H23ClN4OS. The van der Waals surface area contributed by atoms with Crippen molar-refractivity contribution in [3.63, 3.8) is 0 Å². The van der Waals surface area contributed by atoms with Gasteiger partial charge in [0, 0.05) is 43.3 Å². The molecule has 0 atom stereocenters. The zero-order chi connectivity index (χ0) is 20.1. The van der Waals surface area contributed by atoms with Gasteiger partial charge in [-0.15, -0.1) is 5.10 Å². The fourth-order valence-electron chi connectivity index (χ4n) is 3.31. The van der Waals surface area contributed by atoms with E-state index in [4.69, 9.17) is 28.2 Å². The number of hydrogen-bond acceptors (Lipinski definition) is 5. The van der Waals surface area contributed by atoms with Crippen molar-refractivity contribution in [2.24, 2.45) is 0 Å². The molecule has 5 nitrogen and oxygen atoms in total. The van der Waals surface area contributed by atoms with Gasteiger partial charge in [-0.2, -0.15) is 0 Å². The summed E-state index contributed by atoms with van der Waals surface area (Å²) in [6.07, 6.45) is 4.41. The van der Waals surface area contributed by atoms with Crippen molar-refractivity contribution >= 4 is 29.9 Å². The third-order valence-electron chi connectivity index (χ3n) is 4.97. The average Bonchev–Trinajstić information content (AvgIpc) is 3.11. The number of nitrogens with zero attached hydrogens (tertiary/aromatic N) is 4. The van der Waals surface area contributed by atoms with Crippen LogP contribution < -0.4 is 0 Å². The predicted molar refractivity (Wildman–Crippen MR) is 119 cm³/mol. The molecule has 0 saturated carbocycles. The summed E-state index contributed by atoms with van der Waals surface area (Å²) in [5.41, 5.74) is 2.11. The smallest absolute Gasteiger partial charge is 0.288 e. The molecule has 150 valence electrons. The Kier molecular flexibility index (Phi) is 6.56. The predicted octanol–water partition coefficient (Wildman–Crippen LogP) is 4.81. The molecule has 1 aliphatic rings. The normalized spacial score (nSPS) is 15.9. The monoisotopic (exact) mass is 426 g/mol. The van der Waals surface area contributed by atoms with Gasteiger partial charge < -0.3 is 4.42 Å². The lowest BCUT2D eigenvalue weighted by atomic mass is 10.2. The van der Waals surface area contributed by atoms with Crippen molar-refractivity contribution in [1.29, 1.82) is 0 Å². The highest BCUT2D eigenvalue weighted by molar-refractivity contribution is 7.71. The van der Waals surface area contributed by atoms with Gasteiger partial charge in [-0.25, -0.2) is 4.68 Å². The van der Waals surface area contributed by atoms with E-state index in [0.717, 1.165) is 38.3 Å². The first-order chi connectivity index (χ1) is 14.2. The quantitative estimate of drug-likeness (QED) is 0.528. The second-order valence-electron chi connectivity index (χ2n) is 7.05. The van der Waals surface area contributed by atoms with E-state index < -0.39 is 0 Å². The minimum Gasteiger partial charge on any atom is -0.409 e. The van der Waals surface area contributed by atoms with Gasteiger partial charge in [0.1, 0.15) is 0 Å². The maximum atomic E-state index is 5.95. The van der Waals surface area contributed by atoms with Crippen LogP contribution in [0.1, 0.15) is 5.56 Å². The van der Waals surface area contributed by atoms with Gasteiger partial charge in [0.25, 0.3) is 4.84 Å². The van der Waals surface area contributed by atoms with Crippen LogP contribution >= 0.6 is 23.8 Å². The van der Waals surface area contributed by atoms with Crippen LogP contribution in [-0.2, 0) is 6.67 Å². The number of aromatic nitrogens is 2. The van der Waals surface area contributed by atoms with Gasteiger partial charge in [0.2, 0.25) is 5.89 Å². The van der Waals surface area contributed by atoms with E-state index in [0.29, 0.717) is 22.4 Å². The molecule has 0 N–H and O–H groups in total. The largest absolute Gasteiger partial charge is 0.409 e. The van der Waals surface area contributed by atoms with Gasteiger partial charge in [0.05, 0.1) is 6.67 Å². The number of hydrogen-bond donors (Lipinski definition) is 0. The Morgan fingerprint density at radius 3 is 2.38 bits per heavy atom. The molecule has 4 rings (SSSR count). The maximum absolute atomic E-state index is 5.95. The highest BCUT2D eigenvalue weighted by atomic mass is 35.5. The molecule has 0 amide bonds. The third-order valence-corrected chi connectivity index (χ3v) is 5.52. The van der Waals surface area contributed by atoms with E-state index >= 15 is 0 Å². The van der Waals surface area contributed by atoms with E-state index in [-0.39, 0.29) is 0 Å². The fourth-order valence-corrected chi connectivity index (χ4v) is 3.61. The minimum atomic E-state index is 0.392. The molecule has 1 aliphatic heterocycles. The molecule has 2 aromatic carbocycles. The van der Waals surface area contributed by atoms with Crippen LogP contribution in [0.15, 0.2) is 65.1 Å². The summed E-state index contributed by atoms with van der Waals surface area (Å²) < 4.78 is 7.43. The summed E-state index contributed by atoms with van der Waals surface area (Å²) in [5, 5.41) is 5.23. The van der Waals surface area contributed by atoms with Gasteiger partial charge in [-0.05, 0) is 42.0 Å². The first-order valence-corrected chi connectivity index (χ1v) is 10.5. The number of rotatable bonds is 6. The highest BCUT2D eigenvalue weighted by Gasteiger charge is 2.18. The zero-order valence-corrected chi connectivity index (χ0v) is 17.6. The molecule has 0 spiro atoms. The van der Waals surface area contributed by atoms with E-state index in [1.54, 1.807) is 4.68 Å². The van der Waals surface area contributed by atoms with Crippen LogP contribution in [-0.4, -0.2) is 52.3 Å². The molecular weight excluding hydrogens is 404 g/mol. The van der Waals surface area contributed by atoms with Gasteiger partial charge in [-0.3, -0.25) is 9.80 Å².